The molecule has 20 heavy (non-hydrogen) atoms. The SMILES string of the molecule is O=C1O[C@H]([C@H](O)COCc2ccccc2)C[C@H]1C1CC1. The van der Waals surface area contributed by atoms with Crippen LogP contribution >= 0.6 is 0 Å². The van der Waals surface area contributed by atoms with Crippen LogP contribution in [0.1, 0.15) is 24.8 Å². The molecular formula is C16H20O4. The van der Waals surface area contributed by atoms with Crippen LogP contribution in [0.4, 0.5) is 0 Å². The summed E-state index contributed by atoms with van der Waals surface area (Å²) in [5.74, 6) is 0.355. The number of aliphatic hydroxyl groups is 1. The molecule has 0 radical (unpaired) electrons. The van der Waals surface area contributed by atoms with E-state index in [0.717, 1.165) is 18.4 Å². The van der Waals surface area contributed by atoms with Crippen LogP contribution in [0.3, 0.4) is 0 Å². The number of carbonyl (C=O) groups is 1. The molecule has 108 valence electrons. The van der Waals surface area contributed by atoms with Gasteiger partial charge in [0.15, 0.2) is 0 Å². The van der Waals surface area contributed by atoms with Crippen LogP contribution in [-0.4, -0.2) is 29.9 Å². The fourth-order valence-electron chi connectivity index (χ4n) is 2.73. The summed E-state index contributed by atoms with van der Waals surface area (Å²) in [4.78, 5) is 11.7. The summed E-state index contributed by atoms with van der Waals surface area (Å²) in [6, 6.07) is 9.81. The van der Waals surface area contributed by atoms with Gasteiger partial charge in [-0.25, -0.2) is 0 Å². The highest BCUT2D eigenvalue weighted by Gasteiger charge is 2.46. The first-order valence-electron chi connectivity index (χ1n) is 7.24. The smallest absolute Gasteiger partial charge is 0.309 e. The highest BCUT2D eigenvalue weighted by molar-refractivity contribution is 5.75. The summed E-state index contributed by atoms with van der Waals surface area (Å²) in [6.07, 6.45) is 1.75. The van der Waals surface area contributed by atoms with Crippen molar-refractivity contribution in [2.45, 2.75) is 38.1 Å². The molecule has 1 aromatic rings. The molecule has 1 aliphatic heterocycles. The van der Waals surface area contributed by atoms with Gasteiger partial charge in [-0.3, -0.25) is 4.79 Å². The van der Waals surface area contributed by atoms with Crippen LogP contribution in [0, 0.1) is 11.8 Å². The number of rotatable bonds is 6. The van der Waals surface area contributed by atoms with Gasteiger partial charge in [0.1, 0.15) is 12.2 Å². The zero-order valence-corrected chi connectivity index (χ0v) is 11.4. The average Bonchev–Trinajstić information content (AvgIpc) is 3.23. The van der Waals surface area contributed by atoms with E-state index in [4.69, 9.17) is 9.47 Å². The molecule has 2 aliphatic rings. The molecule has 1 aliphatic carbocycles. The van der Waals surface area contributed by atoms with Crippen molar-refractivity contribution < 1.29 is 19.4 Å². The molecule has 0 aromatic heterocycles. The van der Waals surface area contributed by atoms with Gasteiger partial charge in [-0.1, -0.05) is 30.3 Å². The average molecular weight is 276 g/mol. The first kappa shape index (κ1) is 13.6. The number of ether oxygens (including phenoxy) is 2. The van der Waals surface area contributed by atoms with Gasteiger partial charge in [-0.2, -0.15) is 0 Å². The lowest BCUT2D eigenvalue weighted by molar-refractivity contribution is -0.149. The molecular weight excluding hydrogens is 256 g/mol. The van der Waals surface area contributed by atoms with Gasteiger partial charge in [-0.15, -0.1) is 0 Å². The molecule has 0 bridgehead atoms. The largest absolute Gasteiger partial charge is 0.459 e. The Morgan fingerprint density at radius 1 is 1.30 bits per heavy atom. The van der Waals surface area contributed by atoms with Crippen LogP contribution in [-0.2, 0) is 20.9 Å². The quantitative estimate of drug-likeness (QED) is 0.806. The lowest BCUT2D eigenvalue weighted by Gasteiger charge is -2.17. The second-order valence-corrected chi connectivity index (χ2v) is 5.72. The predicted molar refractivity (Wildman–Crippen MR) is 72.8 cm³/mol. The molecule has 4 nitrogen and oxygen atoms in total. The Morgan fingerprint density at radius 3 is 2.75 bits per heavy atom. The van der Waals surface area contributed by atoms with Gasteiger partial charge in [0.05, 0.1) is 19.1 Å². The molecule has 3 atom stereocenters. The summed E-state index contributed by atoms with van der Waals surface area (Å²) >= 11 is 0. The zero-order valence-electron chi connectivity index (χ0n) is 11.4. The first-order chi connectivity index (χ1) is 9.74. The van der Waals surface area contributed by atoms with Crippen LogP contribution in [0.2, 0.25) is 0 Å². The molecule has 3 rings (SSSR count). The Balaban J connectivity index is 1.43. The molecule has 2 fully saturated rings. The molecule has 0 unspecified atom stereocenters. The maximum Gasteiger partial charge on any atom is 0.309 e. The number of carbonyl (C=O) groups excluding carboxylic acids is 1. The van der Waals surface area contributed by atoms with Crippen molar-refractivity contribution in [3.8, 4) is 0 Å². The lowest BCUT2D eigenvalue weighted by Crippen LogP contribution is -2.30. The molecule has 0 amide bonds. The second kappa shape index (κ2) is 5.94. The predicted octanol–water partition coefficient (Wildman–Crippen LogP) is 1.91. The maximum atomic E-state index is 11.7. The Bertz CT molecular complexity index is 455. The van der Waals surface area contributed by atoms with E-state index in [1.54, 1.807) is 0 Å². The molecule has 4 heteroatoms. The minimum Gasteiger partial charge on any atom is -0.459 e. The van der Waals surface area contributed by atoms with E-state index >= 15 is 0 Å². The number of cyclic esters (lactones) is 1. The van der Waals surface area contributed by atoms with Crippen molar-refractivity contribution in [3.05, 3.63) is 35.9 Å². The van der Waals surface area contributed by atoms with Gasteiger partial charge in [0.2, 0.25) is 0 Å². The van der Waals surface area contributed by atoms with Crippen molar-refractivity contribution in [1.29, 1.82) is 0 Å². The Kier molecular flexibility index (Phi) is 4.03. The van der Waals surface area contributed by atoms with Gasteiger partial charge in [0.25, 0.3) is 0 Å². The fourth-order valence-corrected chi connectivity index (χ4v) is 2.73. The lowest BCUT2D eigenvalue weighted by atomic mass is 9.98. The molecule has 1 aromatic carbocycles. The van der Waals surface area contributed by atoms with Crippen LogP contribution in [0.25, 0.3) is 0 Å². The molecule has 1 saturated carbocycles. The Labute approximate surface area is 118 Å². The highest BCUT2D eigenvalue weighted by atomic mass is 16.6. The van der Waals surface area contributed by atoms with Crippen molar-refractivity contribution >= 4 is 5.97 Å². The minimum atomic E-state index is -0.730. The standard InChI is InChI=1S/C16H20O4/c17-14(10-19-9-11-4-2-1-3-5-11)15-8-13(12-6-7-12)16(18)20-15/h1-5,12-15,17H,6-10H2/t13-,14+,15-/m0/s1. The summed E-state index contributed by atoms with van der Waals surface area (Å²) in [7, 11) is 0. The van der Waals surface area contributed by atoms with E-state index in [1.165, 1.54) is 0 Å². The van der Waals surface area contributed by atoms with Crippen LogP contribution in [0.15, 0.2) is 30.3 Å². The number of aliphatic hydroxyl groups excluding tert-OH is 1. The minimum absolute atomic E-state index is 0.00349. The van der Waals surface area contributed by atoms with Gasteiger partial charge in [-0.05, 0) is 24.3 Å². The Hall–Kier alpha value is -1.39. The van der Waals surface area contributed by atoms with E-state index in [0.29, 0.717) is 18.9 Å². The summed E-state index contributed by atoms with van der Waals surface area (Å²) in [6.45, 7) is 0.662. The Morgan fingerprint density at radius 2 is 2.05 bits per heavy atom. The highest BCUT2D eigenvalue weighted by Crippen LogP contribution is 2.43. The topological polar surface area (TPSA) is 55.8 Å². The maximum absolute atomic E-state index is 11.7. The summed E-state index contributed by atoms with van der Waals surface area (Å²) < 4.78 is 10.8. The molecule has 1 N–H and O–H groups in total. The third-order valence-electron chi connectivity index (χ3n) is 4.08. The van der Waals surface area contributed by atoms with E-state index < -0.39 is 12.2 Å². The number of hydrogen-bond acceptors (Lipinski definition) is 4. The molecule has 0 spiro atoms. The summed E-state index contributed by atoms with van der Waals surface area (Å²) in [5.41, 5.74) is 1.07. The summed E-state index contributed by atoms with van der Waals surface area (Å²) in [5, 5.41) is 10.1. The van der Waals surface area contributed by atoms with E-state index in [2.05, 4.69) is 0 Å². The van der Waals surface area contributed by atoms with Gasteiger partial charge < -0.3 is 14.6 Å². The third-order valence-corrected chi connectivity index (χ3v) is 4.08. The van der Waals surface area contributed by atoms with Crippen molar-refractivity contribution in [3.63, 3.8) is 0 Å². The monoisotopic (exact) mass is 276 g/mol. The number of benzene rings is 1. The van der Waals surface area contributed by atoms with Crippen molar-refractivity contribution in [2.75, 3.05) is 6.61 Å². The van der Waals surface area contributed by atoms with Crippen molar-refractivity contribution in [1.82, 2.24) is 0 Å². The zero-order chi connectivity index (χ0) is 13.9. The van der Waals surface area contributed by atoms with Crippen LogP contribution in [0.5, 0.6) is 0 Å². The molecule has 1 heterocycles. The number of esters is 1. The van der Waals surface area contributed by atoms with E-state index in [1.807, 2.05) is 30.3 Å². The van der Waals surface area contributed by atoms with Crippen LogP contribution < -0.4 is 0 Å². The van der Waals surface area contributed by atoms with E-state index in [-0.39, 0.29) is 18.5 Å². The van der Waals surface area contributed by atoms with Crippen molar-refractivity contribution in [2.24, 2.45) is 11.8 Å². The first-order valence-corrected chi connectivity index (χ1v) is 7.24. The molecule has 1 saturated heterocycles. The van der Waals surface area contributed by atoms with E-state index in [9.17, 15) is 9.90 Å². The second-order valence-electron chi connectivity index (χ2n) is 5.72. The number of hydrogen-bond donors (Lipinski definition) is 1. The third kappa shape index (κ3) is 3.19. The normalized spacial score (nSPS) is 27.4. The fraction of sp³-hybridized carbons (Fsp3) is 0.562. The van der Waals surface area contributed by atoms with Gasteiger partial charge >= 0.3 is 5.97 Å². The van der Waals surface area contributed by atoms with Gasteiger partial charge in [0, 0.05) is 6.42 Å².